The molecule has 3 heteroatoms. The van der Waals surface area contributed by atoms with Gasteiger partial charge in [-0.2, -0.15) is 0 Å². The first-order chi connectivity index (χ1) is 7.81. The smallest absolute Gasteiger partial charge is 0.123 e. The van der Waals surface area contributed by atoms with Crippen LogP contribution in [0.1, 0.15) is 39.0 Å². The summed E-state index contributed by atoms with van der Waals surface area (Å²) in [4.78, 5) is 3.36. The fourth-order valence-electron chi connectivity index (χ4n) is 2.98. The van der Waals surface area contributed by atoms with Crippen LogP contribution in [0.3, 0.4) is 0 Å². The normalized spacial score (nSPS) is 20.8. The average molecular weight is 233 g/mol. The van der Waals surface area contributed by atoms with Crippen molar-refractivity contribution >= 4 is 10.9 Å². The van der Waals surface area contributed by atoms with Gasteiger partial charge in [0.05, 0.1) is 11.3 Å². The second-order valence-electron chi connectivity index (χ2n) is 5.69. The standard InChI is InChI=1S/C14H16FNO/c1-13(2)11-9-7-8(15)5-6-10(9)16-12(11)14(3,4)17-13/h5-7,16H,1-4H3. The predicted octanol–water partition coefficient (Wildman–Crippen LogP) is 3.81. The van der Waals surface area contributed by atoms with Gasteiger partial charge in [0.25, 0.3) is 0 Å². The summed E-state index contributed by atoms with van der Waals surface area (Å²) in [5, 5.41) is 0.926. The number of aromatic nitrogens is 1. The number of hydrogen-bond donors (Lipinski definition) is 1. The third-order valence-electron chi connectivity index (χ3n) is 3.48. The fourth-order valence-corrected chi connectivity index (χ4v) is 2.98. The number of aromatic amines is 1. The van der Waals surface area contributed by atoms with Crippen molar-refractivity contribution in [1.29, 1.82) is 0 Å². The van der Waals surface area contributed by atoms with Gasteiger partial charge in [-0.15, -0.1) is 0 Å². The van der Waals surface area contributed by atoms with Crippen LogP contribution in [0.25, 0.3) is 10.9 Å². The molecule has 0 amide bonds. The lowest BCUT2D eigenvalue weighted by Crippen LogP contribution is -2.23. The molecule has 2 aromatic rings. The SMILES string of the molecule is CC1(C)OC(C)(C)c2c1[nH]c1ccc(F)cc21. The zero-order valence-corrected chi connectivity index (χ0v) is 10.5. The number of fused-ring (bicyclic) bond motifs is 3. The van der Waals surface area contributed by atoms with Gasteiger partial charge in [0.1, 0.15) is 11.4 Å². The van der Waals surface area contributed by atoms with Gasteiger partial charge in [-0.05, 0) is 45.9 Å². The summed E-state index contributed by atoms with van der Waals surface area (Å²) in [7, 11) is 0. The van der Waals surface area contributed by atoms with Crippen molar-refractivity contribution in [3.8, 4) is 0 Å². The summed E-state index contributed by atoms with van der Waals surface area (Å²) in [6, 6.07) is 4.85. The van der Waals surface area contributed by atoms with Crippen LogP contribution in [0.5, 0.6) is 0 Å². The van der Waals surface area contributed by atoms with E-state index in [1.54, 1.807) is 12.1 Å². The largest absolute Gasteiger partial charge is 0.359 e. The van der Waals surface area contributed by atoms with Crippen molar-refractivity contribution in [3.05, 3.63) is 35.3 Å². The fraction of sp³-hybridized carbons (Fsp3) is 0.429. The van der Waals surface area contributed by atoms with E-state index >= 15 is 0 Å². The summed E-state index contributed by atoms with van der Waals surface area (Å²) in [6.45, 7) is 8.12. The number of ether oxygens (including phenoxy) is 1. The lowest BCUT2D eigenvalue weighted by Gasteiger charge is -2.25. The number of nitrogens with one attached hydrogen (secondary N) is 1. The highest BCUT2D eigenvalue weighted by Crippen LogP contribution is 2.49. The number of rotatable bonds is 0. The molecule has 3 rings (SSSR count). The lowest BCUT2D eigenvalue weighted by atomic mass is 9.94. The molecule has 17 heavy (non-hydrogen) atoms. The Morgan fingerprint density at radius 1 is 1.12 bits per heavy atom. The molecule has 1 aliphatic rings. The quantitative estimate of drug-likeness (QED) is 0.735. The predicted molar refractivity (Wildman–Crippen MR) is 65.4 cm³/mol. The summed E-state index contributed by atoms with van der Waals surface area (Å²) in [5.41, 5.74) is 2.38. The summed E-state index contributed by atoms with van der Waals surface area (Å²) < 4.78 is 19.4. The number of benzene rings is 1. The van der Waals surface area contributed by atoms with Gasteiger partial charge in [0.15, 0.2) is 0 Å². The second kappa shape index (κ2) is 2.91. The number of H-pyrrole nitrogens is 1. The van der Waals surface area contributed by atoms with Crippen LogP contribution in [0.2, 0.25) is 0 Å². The molecule has 2 nitrogen and oxygen atoms in total. The third kappa shape index (κ3) is 1.35. The Morgan fingerprint density at radius 2 is 1.82 bits per heavy atom. The van der Waals surface area contributed by atoms with E-state index in [0.717, 1.165) is 22.2 Å². The Balaban J connectivity index is 2.42. The van der Waals surface area contributed by atoms with E-state index in [0.29, 0.717) is 0 Å². The van der Waals surface area contributed by atoms with Crippen molar-refractivity contribution in [1.82, 2.24) is 4.98 Å². The molecule has 0 radical (unpaired) electrons. The molecule has 1 aromatic carbocycles. The van der Waals surface area contributed by atoms with Crippen molar-refractivity contribution < 1.29 is 9.13 Å². The van der Waals surface area contributed by atoms with Gasteiger partial charge in [-0.1, -0.05) is 0 Å². The van der Waals surface area contributed by atoms with E-state index in [9.17, 15) is 4.39 Å². The van der Waals surface area contributed by atoms with Crippen LogP contribution in [-0.2, 0) is 15.9 Å². The third-order valence-corrected chi connectivity index (χ3v) is 3.48. The Labute approximate surface area is 99.8 Å². The van der Waals surface area contributed by atoms with E-state index in [-0.39, 0.29) is 17.0 Å². The highest BCUT2D eigenvalue weighted by atomic mass is 19.1. The maximum Gasteiger partial charge on any atom is 0.123 e. The van der Waals surface area contributed by atoms with E-state index in [2.05, 4.69) is 4.98 Å². The lowest BCUT2D eigenvalue weighted by molar-refractivity contribution is -0.106. The highest BCUT2D eigenvalue weighted by molar-refractivity contribution is 5.86. The summed E-state index contributed by atoms with van der Waals surface area (Å²) >= 11 is 0. The van der Waals surface area contributed by atoms with Gasteiger partial charge in [-0.25, -0.2) is 4.39 Å². The maximum absolute atomic E-state index is 13.4. The van der Waals surface area contributed by atoms with Gasteiger partial charge >= 0.3 is 0 Å². The average Bonchev–Trinajstić information content (AvgIpc) is 2.62. The van der Waals surface area contributed by atoms with Crippen LogP contribution < -0.4 is 0 Å². The Kier molecular flexibility index (Phi) is 1.84. The molecule has 2 heterocycles. The molecule has 0 saturated carbocycles. The van der Waals surface area contributed by atoms with Crippen LogP contribution in [0.15, 0.2) is 18.2 Å². The molecule has 0 saturated heterocycles. The van der Waals surface area contributed by atoms with Gasteiger partial charge in [0.2, 0.25) is 0 Å². The van der Waals surface area contributed by atoms with Crippen LogP contribution in [-0.4, -0.2) is 4.98 Å². The molecule has 0 atom stereocenters. The summed E-state index contributed by atoms with van der Waals surface area (Å²) in [5.74, 6) is -0.209. The van der Waals surface area contributed by atoms with Crippen LogP contribution >= 0.6 is 0 Å². The number of hydrogen-bond acceptors (Lipinski definition) is 1. The van der Waals surface area contributed by atoms with Gasteiger partial charge in [-0.3, -0.25) is 0 Å². The first-order valence-electron chi connectivity index (χ1n) is 5.84. The van der Waals surface area contributed by atoms with E-state index < -0.39 is 0 Å². The molecule has 0 aliphatic carbocycles. The first-order valence-corrected chi connectivity index (χ1v) is 5.84. The Bertz CT molecular complexity index is 610. The van der Waals surface area contributed by atoms with Crippen LogP contribution in [0, 0.1) is 5.82 Å². The van der Waals surface area contributed by atoms with Crippen molar-refractivity contribution in [2.75, 3.05) is 0 Å². The topological polar surface area (TPSA) is 25.0 Å². The molecule has 0 bridgehead atoms. The maximum atomic E-state index is 13.4. The highest BCUT2D eigenvalue weighted by Gasteiger charge is 2.45. The molecular weight excluding hydrogens is 217 g/mol. The van der Waals surface area contributed by atoms with Gasteiger partial charge < -0.3 is 9.72 Å². The molecule has 90 valence electrons. The molecule has 0 spiro atoms. The second-order valence-corrected chi connectivity index (χ2v) is 5.69. The van der Waals surface area contributed by atoms with E-state index in [4.69, 9.17) is 4.74 Å². The monoisotopic (exact) mass is 233 g/mol. The van der Waals surface area contributed by atoms with Crippen molar-refractivity contribution in [2.24, 2.45) is 0 Å². The van der Waals surface area contributed by atoms with Crippen molar-refractivity contribution in [3.63, 3.8) is 0 Å². The minimum Gasteiger partial charge on any atom is -0.359 e. The zero-order chi connectivity index (χ0) is 12.4. The van der Waals surface area contributed by atoms with Crippen molar-refractivity contribution in [2.45, 2.75) is 38.9 Å². The molecule has 0 unspecified atom stereocenters. The molecular formula is C14H16FNO. The number of halogens is 1. The Hall–Kier alpha value is -1.35. The van der Waals surface area contributed by atoms with Gasteiger partial charge in [0, 0.05) is 16.5 Å². The zero-order valence-electron chi connectivity index (χ0n) is 10.5. The van der Waals surface area contributed by atoms with Crippen LogP contribution in [0.4, 0.5) is 4.39 Å². The van der Waals surface area contributed by atoms with E-state index in [1.807, 2.05) is 27.7 Å². The molecule has 0 fully saturated rings. The summed E-state index contributed by atoms with van der Waals surface area (Å²) in [6.07, 6.45) is 0. The van der Waals surface area contributed by atoms with E-state index in [1.165, 1.54) is 6.07 Å². The Morgan fingerprint density at radius 3 is 2.53 bits per heavy atom. The molecule has 1 N–H and O–H groups in total. The minimum atomic E-state index is -0.384. The molecule has 1 aliphatic heterocycles. The first kappa shape index (κ1) is 10.8. The molecule has 1 aromatic heterocycles. The minimum absolute atomic E-state index is 0.209.